The van der Waals surface area contributed by atoms with Gasteiger partial charge in [-0.05, 0) is 24.8 Å². The molecule has 1 rings (SSSR count). The maximum atomic E-state index is 11.9. The SMILES string of the molecule is CC(C)CC(CN)CC(=O)NC1CC(=O)N(C)C1=O. The Bertz CT molecular complexity index is 368. The molecule has 0 aromatic heterocycles. The summed E-state index contributed by atoms with van der Waals surface area (Å²) in [5, 5.41) is 2.62. The monoisotopic (exact) mass is 269 g/mol. The fourth-order valence-electron chi connectivity index (χ4n) is 2.31. The minimum atomic E-state index is -0.706. The van der Waals surface area contributed by atoms with E-state index in [1.54, 1.807) is 0 Å². The van der Waals surface area contributed by atoms with Crippen LogP contribution in [0.1, 0.15) is 33.1 Å². The molecule has 0 bridgehead atoms. The maximum Gasteiger partial charge on any atom is 0.252 e. The van der Waals surface area contributed by atoms with Crippen LogP contribution in [0.5, 0.6) is 0 Å². The molecule has 1 fully saturated rings. The normalized spacial score (nSPS) is 21.1. The topological polar surface area (TPSA) is 92.5 Å². The molecule has 0 aromatic carbocycles. The van der Waals surface area contributed by atoms with E-state index in [0.29, 0.717) is 18.9 Å². The molecule has 6 nitrogen and oxygen atoms in total. The fraction of sp³-hybridized carbons (Fsp3) is 0.769. The number of hydrogen-bond acceptors (Lipinski definition) is 4. The van der Waals surface area contributed by atoms with Crippen LogP contribution in [-0.2, 0) is 14.4 Å². The Morgan fingerprint density at radius 2 is 2.11 bits per heavy atom. The largest absolute Gasteiger partial charge is 0.344 e. The lowest BCUT2D eigenvalue weighted by atomic mass is 9.94. The Hall–Kier alpha value is -1.43. The Balaban J connectivity index is 2.47. The summed E-state index contributed by atoms with van der Waals surface area (Å²) >= 11 is 0. The highest BCUT2D eigenvalue weighted by molar-refractivity contribution is 6.06. The van der Waals surface area contributed by atoms with E-state index in [2.05, 4.69) is 19.2 Å². The number of nitrogens with two attached hydrogens (primary N) is 1. The zero-order chi connectivity index (χ0) is 14.6. The Morgan fingerprint density at radius 3 is 2.53 bits per heavy atom. The van der Waals surface area contributed by atoms with Crippen molar-refractivity contribution in [3.63, 3.8) is 0 Å². The quantitative estimate of drug-likeness (QED) is 0.657. The van der Waals surface area contributed by atoms with Crippen molar-refractivity contribution in [2.45, 2.75) is 39.2 Å². The standard InChI is InChI=1S/C13H23N3O3/c1-8(2)4-9(7-14)5-11(17)15-10-6-12(18)16(3)13(10)19/h8-10H,4-7,14H2,1-3H3,(H,15,17). The average molecular weight is 269 g/mol. The molecule has 2 unspecified atom stereocenters. The van der Waals surface area contributed by atoms with Crippen LogP contribution in [-0.4, -0.2) is 42.3 Å². The molecule has 0 spiro atoms. The number of imide groups is 1. The summed E-state index contributed by atoms with van der Waals surface area (Å²) < 4.78 is 0. The predicted octanol–water partition coefficient (Wildman–Crippen LogP) is -0.129. The molecular weight excluding hydrogens is 246 g/mol. The zero-order valence-electron chi connectivity index (χ0n) is 11.8. The van der Waals surface area contributed by atoms with E-state index in [-0.39, 0.29) is 30.1 Å². The van der Waals surface area contributed by atoms with Gasteiger partial charge in [0.1, 0.15) is 6.04 Å². The Kier molecular flexibility index (Phi) is 5.47. The first-order chi connectivity index (χ1) is 8.85. The van der Waals surface area contributed by atoms with Crippen LogP contribution < -0.4 is 11.1 Å². The van der Waals surface area contributed by atoms with Gasteiger partial charge in [-0.15, -0.1) is 0 Å². The minimum absolute atomic E-state index is 0.0541. The highest BCUT2D eigenvalue weighted by Crippen LogP contribution is 2.15. The predicted molar refractivity (Wildman–Crippen MR) is 70.9 cm³/mol. The van der Waals surface area contributed by atoms with Crippen LogP contribution >= 0.6 is 0 Å². The van der Waals surface area contributed by atoms with E-state index in [9.17, 15) is 14.4 Å². The number of nitrogens with one attached hydrogen (secondary N) is 1. The molecule has 1 heterocycles. The smallest absolute Gasteiger partial charge is 0.252 e. The maximum absolute atomic E-state index is 11.9. The summed E-state index contributed by atoms with van der Waals surface area (Å²) in [6.45, 7) is 4.60. The molecule has 1 aliphatic heterocycles. The van der Waals surface area contributed by atoms with Gasteiger partial charge >= 0.3 is 0 Å². The van der Waals surface area contributed by atoms with E-state index < -0.39 is 6.04 Å². The summed E-state index contributed by atoms with van der Waals surface area (Å²) in [6.07, 6.45) is 1.23. The van der Waals surface area contributed by atoms with Gasteiger partial charge in [-0.25, -0.2) is 0 Å². The number of carbonyl (C=O) groups is 3. The van der Waals surface area contributed by atoms with Crippen LogP contribution in [0.25, 0.3) is 0 Å². The van der Waals surface area contributed by atoms with Crippen molar-refractivity contribution < 1.29 is 14.4 Å². The first-order valence-electron chi connectivity index (χ1n) is 6.65. The van der Waals surface area contributed by atoms with Crippen molar-refractivity contribution in [3.8, 4) is 0 Å². The van der Waals surface area contributed by atoms with Crippen LogP contribution in [0.3, 0.4) is 0 Å². The number of likely N-dealkylation sites (N-methyl/N-ethyl adjacent to an activating group) is 1. The number of amides is 3. The molecule has 1 saturated heterocycles. The van der Waals surface area contributed by atoms with Gasteiger partial charge in [-0.3, -0.25) is 19.3 Å². The minimum Gasteiger partial charge on any atom is -0.344 e. The number of rotatable bonds is 6. The summed E-state index contributed by atoms with van der Waals surface area (Å²) in [5.74, 6) is -0.218. The Morgan fingerprint density at radius 1 is 1.47 bits per heavy atom. The van der Waals surface area contributed by atoms with Crippen LogP contribution in [0.4, 0.5) is 0 Å². The van der Waals surface area contributed by atoms with Crippen LogP contribution in [0, 0.1) is 11.8 Å². The number of hydrogen-bond donors (Lipinski definition) is 2. The van der Waals surface area contributed by atoms with Gasteiger partial charge in [0.25, 0.3) is 5.91 Å². The van der Waals surface area contributed by atoms with Crippen LogP contribution in [0.15, 0.2) is 0 Å². The second-order valence-corrected chi connectivity index (χ2v) is 5.55. The van der Waals surface area contributed by atoms with Gasteiger partial charge in [0.2, 0.25) is 11.8 Å². The van der Waals surface area contributed by atoms with Crippen molar-refractivity contribution in [2.75, 3.05) is 13.6 Å². The van der Waals surface area contributed by atoms with E-state index in [1.807, 2.05) is 0 Å². The molecule has 108 valence electrons. The van der Waals surface area contributed by atoms with Crippen molar-refractivity contribution >= 4 is 17.7 Å². The van der Waals surface area contributed by atoms with Crippen molar-refractivity contribution in [2.24, 2.45) is 17.6 Å². The first-order valence-corrected chi connectivity index (χ1v) is 6.65. The second kappa shape index (κ2) is 6.65. The van der Waals surface area contributed by atoms with E-state index >= 15 is 0 Å². The van der Waals surface area contributed by atoms with Gasteiger partial charge in [-0.2, -0.15) is 0 Å². The molecule has 2 atom stereocenters. The lowest BCUT2D eigenvalue weighted by Gasteiger charge is -2.18. The van der Waals surface area contributed by atoms with E-state index in [1.165, 1.54) is 7.05 Å². The third kappa shape index (κ3) is 4.31. The van der Waals surface area contributed by atoms with Crippen LogP contribution in [0.2, 0.25) is 0 Å². The molecule has 3 amide bonds. The van der Waals surface area contributed by atoms with E-state index in [4.69, 9.17) is 5.73 Å². The second-order valence-electron chi connectivity index (χ2n) is 5.55. The summed E-state index contributed by atoms with van der Waals surface area (Å²) in [4.78, 5) is 35.9. The molecule has 0 radical (unpaired) electrons. The van der Waals surface area contributed by atoms with Crippen molar-refractivity contribution in [3.05, 3.63) is 0 Å². The van der Waals surface area contributed by atoms with E-state index in [0.717, 1.165) is 11.3 Å². The molecule has 3 N–H and O–H groups in total. The molecule has 19 heavy (non-hydrogen) atoms. The number of likely N-dealkylation sites (tertiary alicyclic amines) is 1. The average Bonchev–Trinajstić information content (AvgIpc) is 2.55. The third-order valence-electron chi connectivity index (χ3n) is 3.33. The lowest BCUT2D eigenvalue weighted by Crippen LogP contribution is -2.41. The van der Waals surface area contributed by atoms with Gasteiger partial charge in [0.05, 0.1) is 6.42 Å². The van der Waals surface area contributed by atoms with Crippen molar-refractivity contribution in [1.82, 2.24) is 10.2 Å². The molecule has 0 saturated carbocycles. The molecular formula is C13H23N3O3. The summed E-state index contributed by atoms with van der Waals surface area (Å²) in [6, 6.07) is -0.706. The third-order valence-corrected chi connectivity index (χ3v) is 3.33. The molecule has 6 heteroatoms. The molecule has 0 aliphatic carbocycles. The highest BCUT2D eigenvalue weighted by Gasteiger charge is 2.36. The first kappa shape index (κ1) is 15.6. The number of nitrogens with zero attached hydrogens (tertiary/aromatic N) is 1. The summed E-state index contributed by atoms with van der Waals surface area (Å²) in [7, 11) is 1.43. The van der Waals surface area contributed by atoms with Gasteiger partial charge in [0, 0.05) is 13.5 Å². The van der Waals surface area contributed by atoms with Crippen molar-refractivity contribution in [1.29, 1.82) is 0 Å². The summed E-state index contributed by atoms with van der Waals surface area (Å²) in [5.41, 5.74) is 5.64. The molecule has 1 aliphatic rings. The fourth-order valence-corrected chi connectivity index (χ4v) is 2.31. The van der Waals surface area contributed by atoms with Gasteiger partial charge in [-0.1, -0.05) is 13.8 Å². The van der Waals surface area contributed by atoms with Gasteiger partial charge < -0.3 is 11.1 Å². The number of carbonyl (C=O) groups excluding carboxylic acids is 3. The Labute approximate surface area is 113 Å². The highest BCUT2D eigenvalue weighted by atomic mass is 16.2. The molecule has 0 aromatic rings. The lowest BCUT2D eigenvalue weighted by molar-refractivity contribution is -0.138. The van der Waals surface area contributed by atoms with Gasteiger partial charge in [0.15, 0.2) is 0 Å². The zero-order valence-corrected chi connectivity index (χ0v) is 11.8.